The van der Waals surface area contributed by atoms with E-state index in [2.05, 4.69) is 5.10 Å². The molecule has 0 spiro atoms. The van der Waals surface area contributed by atoms with Crippen LogP contribution in [0.25, 0.3) is 0 Å². The number of carbonyl (C=O) groups excluding carboxylic acids is 3. The van der Waals surface area contributed by atoms with Gasteiger partial charge in [0.05, 0.1) is 17.0 Å². The van der Waals surface area contributed by atoms with Crippen LogP contribution in [0.1, 0.15) is 25.8 Å². The fraction of sp³-hybridized carbons (Fsp3) is 0.407. The maximum Gasteiger partial charge on any atom is 0.256 e. The first kappa shape index (κ1) is 25.3. The summed E-state index contributed by atoms with van der Waals surface area (Å²) in [6, 6.07) is 15.5. The van der Waals surface area contributed by atoms with Crippen LogP contribution in [-0.2, 0) is 20.8 Å². The standard InChI is InChI=1S/C27H31FN4O4/c1-26(2,24(29)34)19(16-36-21-12-8-7-11-20(21)28)23(33)32-14-13-22-27(17-32,25(35)31(3)30-22)15-18-9-5-4-6-10-18/h4-12,19H,13-17H2,1-3H3,(H2,29,34)/t19-,27-/m1/s1. The molecular formula is C27H31FN4O4. The average molecular weight is 495 g/mol. The van der Waals surface area contributed by atoms with Crippen molar-refractivity contribution < 1.29 is 23.5 Å². The predicted molar refractivity (Wildman–Crippen MR) is 132 cm³/mol. The van der Waals surface area contributed by atoms with Gasteiger partial charge < -0.3 is 15.4 Å². The average Bonchev–Trinajstić information content (AvgIpc) is 3.09. The Morgan fingerprint density at radius 3 is 2.50 bits per heavy atom. The first-order valence-corrected chi connectivity index (χ1v) is 11.9. The number of rotatable bonds is 8. The maximum absolute atomic E-state index is 14.2. The van der Waals surface area contributed by atoms with Gasteiger partial charge in [-0.3, -0.25) is 14.4 Å². The number of halogens is 1. The molecule has 1 saturated heterocycles. The third kappa shape index (κ3) is 4.57. The third-order valence-electron chi connectivity index (χ3n) is 7.31. The second-order valence-electron chi connectivity index (χ2n) is 10.0. The summed E-state index contributed by atoms with van der Waals surface area (Å²) < 4.78 is 19.8. The number of fused-ring (bicyclic) bond motifs is 1. The second kappa shape index (κ2) is 9.72. The molecule has 9 heteroatoms. The van der Waals surface area contributed by atoms with Crippen molar-refractivity contribution >= 4 is 23.4 Å². The number of nitrogens with zero attached hydrogens (tertiary/aromatic N) is 3. The van der Waals surface area contributed by atoms with Crippen molar-refractivity contribution in [3.8, 4) is 5.75 Å². The normalized spacial score (nSPS) is 20.6. The predicted octanol–water partition coefficient (Wildman–Crippen LogP) is 2.62. The topological polar surface area (TPSA) is 105 Å². The minimum Gasteiger partial charge on any atom is -0.490 e. The number of benzene rings is 2. The van der Waals surface area contributed by atoms with E-state index in [0.29, 0.717) is 19.4 Å². The number of primary amides is 1. The number of amides is 3. The van der Waals surface area contributed by atoms with E-state index in [0.717, 1.165) is 11.3 Å². The van der Waals surface area contributed by atoms with Gasteiger partial charge in [0.25, 0.3) is 5.91 Å². The molecule has 36 heavy (non-hydrogen) atoms. The Labute approximate surface area is 209 Å². The monoisotopic (exact) mass is 494 g/mol. The molecule has 2 aromatic rings. The molecule has 0 aromatic heterocycles. The van der Waals surface area contributed by atoms with Gasteiger partial charge in [-0.25, -0.2) is 9.40 Å². The number of para-hydroxylation sites is 1. The van der Waals surface area contributed by atoms with Crippen molar-refractivity contribution in [1.29, 1.82) is 0 Å². The van der Waals surface area contributed by atoms with Gasteiger partial charge in [0.1, 0.15) is 12.0 Å². The van der Waals surface area contributed by atoms with Crippen LogP contribution < -0.4 is 10.5 Å². The van der Waals surface area contributed by atoms with E-state index in [1.54, 1.807) is 31.9 Å². The first-order valence-electron chi connectivity index (χ1n) is 11.9. The number of hydrogen-bond acceptors (Lipinski definition) is 5. The second-order valence-corrected chi connectivity index (χ2v) is 10.0. The van der Waals surface area contributed by atoms with Crippen LogP contribution in [0, 0.1) is 22.6 Å². The molecule has 3 amide bonds. The maximum atomic E-state index is 14.2. The van der Waals surface area contributed by atoms with Crippen molar-refractivity contribution in [3.63, 3.8) is 0 Å². The highest BCUT2D eigenvalue weighted by Crippen LogP contribution is 2.40. The van der Waals surface area contributed by atoms with Crippen LogP contribution in [0.15, 0.2) is 59.7 Å². The van der Waals surface area contributed by atoms with Gasteiger partial charge in [0.2, 0.25) is 11.8 Å². The molecule has 0 bridgehead atoms. The highest BCUT2D eigenvalue weighted by molar-refractivity contribution is 6.13. The minimum atomic E-state index is -1.28. The van der Waals surface area contributed by atoms with Crippen molar-refractivity contribution in [3.05, 3.63) is 66.0 Å². The molecular weight excluding hydrogens is 463 g/mol. The molecule has 2 heterocycles. The van der Waals surface area contributed by atoms with E-state index in [9.17, 15) is 18.8 Å². The molecule has 2 atom stereocenters. The Hall–Kier alpha value is -3.75. The molecule has 0 aliphatic carbocycles. The van der Waals surface area contributed by atoms with Crippen LogP contribution in [0.3, 0.4) is 0 Å². The summed E-state index contributed by atoms with van der Waals surface area (Å²) in [7, 11) is 1.62. The zero-order chi connectivity index (χ0) is 26.1. The lowest BCUT2D eigenvalue weighted by Crippen LogP contribution is -2.58. The van der Waals surface area contributed by atoms with Crippen LogP contribution in [0.5, 0.6) is 5.75 Å². The van der Waals surface area contributed by atoms with Crippen molar-refractivity contribution in [2.24, 2.45) is 27.6 Å². The highest BCUT2D eigenvalue weighted by atomic mass is 19.1. The van der Waals surface area contributed by atoms with E-state index in [-0.39, 0.29) is 30.7 Å². The van der Waals surface area contributed by atoms with Crippen molar-refractivity contribution in [1.82, 2.24) is 9.91 Å². The quantitative estimate of drug-likeness (QED) is 0.609. The number of likely N-dealkylation sites (tertiary alicyclic amines) is 1. The number of hydrogen-bond donors (Lipinski definition) is 1. The van der Waals surface area contributed by atoms with E-state index in [1.807, 2.05) is 30.3 Å². The van der Waals surface area contributed by atoms with Crippen molar-refractivity contribution in [2.45, 2.75) is 26.7 Å². The lowest BCUT2D eigenvalue weighted by Gasteiger charge is -2.42. The van der Waals surface area contributed by atoms with Crippen molar-refractivity contribution in [2.75, 3.05) is 26.7 Å². The fourth-order valence-electron chi connectivity index (χ4n) is 4.93. The first-order chi connectivity index (χ1) is 17.1. The SMILES string of the molecule is CN1N=C2CCN(C(=O)[C@@H](COc3ccccc3F)C(C)(C)C(N)=O)C[C@@]2(Cc2ccccc2)C1=O. The summed E-state index contributed by atoms with van der Waals surface area (Å²) >= 11 is 0. The lowest BCUT2D eigenvalue weighted by atomic mass is 9.72. The summed E-state index contributed by atoms with van der Waals surface area (Å²) in [6.45, 7) is 3.36. The molecule has 0 unspecified atom stereocenters. The van der Waals surface area contributed by atoms with Gasteiger partial charge in [-0.05, 0) is 24.1 Å². The molecule has 0 saturated carbocycles. The van der Waals surface area contributed by atoms with E-state index >= 15 is 0 Å². The van der Waals surface area contributed by atoms with Crippen LogP contribution >= 0.6 is 0 Å². The summed E-state index contributed by atoms with van der Waals surface area (Å²) in [6.07, 6.45) is 0.821. The number of hydrazone groups is 1. The number of ether oxygens (including phenoxy) is 1. The molecule has 190 valence electrons. The Morgan fingerprint density at radius 2 is 1.83 bits per heavy atom. The van der Waals surface area contributed by atoms with Gasteiger partial charge in [0.15, 0.2) is 11.6 Å². The number of nitrogens with two attached hydrogens (primary N) is 1. The summed E-state index contributed by atoms with van der Waals surface area (Å²) in [4.78, 5) is 41.2. The molecule has 2 aliphatic heterocycles. The Balaban J connectivity index is 1.63. The smallest absolute Gasteiger partial charge is 0.256 e. The van der Waals surface area contributed by atoms with Crippen LogP contribution in [0.2, 0.25) is 0 Å². The van der Waals surface area contributed by atoms with Crippen LogP contribution in [-0.4, -0.2) is 60.1 Å². The minimum absolute atomic E-state index is 0.0169. The molecule has 0 radical (unpaired) electrons. The molecule has 2 aromatic carbocycles. The van der Waals surface area contributed by atoms with Gasteiger partial charge in [-0.1, -0.05) is 56.3 Å². The van der Waals surface area contributed by atoms with Crippen LogP contribution in [0.4, 0.5) is 4.39 Å². The van der Waals surface area contributed by atoms with Gasteiger partial charge in [-0.15, -0.1) is 0 Å². The Morgan fingerprint density at radius 1 is 1.17 bits per heavy atom. The molecule has 2 aliphatic rings. The molecule has 1 fully saturated rings. The van der Waals surface area contributed by atoms with E-state index < -0.39 is 28.5 Å². The Bertz CT molecular complexity index is 1200. The zero-order valence-electron chi connectivity index (χ0n) is 20.7. The van der Waals surface area contributed by atoms with Gasteiger partial charge in [0, 0.05) is 26.6 Å². The number of piperidine rings is 1. The fourth-order valence-corrected chi connectivity index (χ4v) is 4.93. The summed E-state index contributed by atoms with van der Waals surface area (Å²) in [5.41, 5.74) is 5.11. The molecule has 2 N–H and O–H groups in total. The number of carbonyl (C=O) groups is 3. The van der Waals surface area contributed by atoms with Gasteiger partial charge in [-0.2, -0.15) is 5.10 Å². The van der Waals surface area contributed by atoms with E-state index in [4.69, 9.17) is 10.5 Å². The third-order valence-corrected chi connectivity index (χ3v) is 7.31. The lowest BCUT2D eigenvalue weighted by molar-refractivity contribution is -0.149. The highest BCUT2D eigenvalue weighted by Gasteiger charge is 2.54. The summed E-state index contributed by atoms with van der Waals surface area (Å²) in [5, 5.41) is 5.83. The largest absolute Gasteiger partial charge is 0.490 e. The molecule has 8 nitrogen and oxygen atoms in total. The molecule has 4 rings (SSSR count). The van der Waals surface area contributed by atoms with E-state index in [1.165, 1.54) is 23.2 Å². The Kier molecular flexibility index (Phi) is 6.84. The zero-order valence-corrected chi connectivity index (χ0v) is 20.7. The summed E-state index contributed by atoms with van der Waals surface area (Å²) in [5.74, 6) is -2.79. The van der Waals surface area contributed by atoms with Gasteiger partial charge >= 0.3 is 0 Å².